The lowest BCUT2D eigenvalue weighted by molar-refractivity contribution is -0.122. The summed E-state index contributed by atoms with van der Waals surface area (Å²) in [5.74, 6) is -0.476. The molecule has 0 heterocycles. The fourth-order valence-corrected chi connectivity index (χ4v) is 1.67. The van der Waals surface area contributed by atoms with Crippen LogP contribution in [0.25, 0.3) is 0 Å². The first-order valence-electron chi connectivity index (χ1n) is 5.18. The number of imide groups is 1. The van der Waals surface area contributed by atoms with E-state index in [9.17, 15) is 9.59 Å². The van der Waals surface area contributed by atoms with Crippen LogP contribution in [0.1, 0.15) is 6.92 Å². The van der Waals surface area contributed by atoms with Gasteiger partial charge in [-0.1, -0.05) is 34.8 Å². The standard InChI is InChI=1S/C11H10Cl3NO4/c1-2-18-11(17)15-10(16)5-19-9-4-7(13)6(12)3-8(9)14/h3-4H,2,5H2,1H3,(H,15,16,17). The smallest absolute Gasteiger partial charge is 0.413 e. The number of alkyl carbamates (subject to hydrolysis) is 1. The predicted octanol–water partition coefficient (Wildman–Crippen LogP) is 3.30. The lowest BCUT2D eigenvalue weighted by Crippen LogP contribution is -2.34. The maximum absolute atomic E-state index is 11.3. The van der Waals surface area contributed by atoms with Gasteiger partial charge in [0.15, 0.2) is 6.61 Å². The second kappa shape index (κ2) is 7.43. The van der Waals surface area contributed by atoms with Crippen molar-refractivity contribution in [2.24, 2.45) is 0 Å². The van der Waals surface area contributed by atoms with Crippen molar-refractivity contribution in [3.63, 3.8) is 0 Å². The van der Waals surface area contributed by atoms with E-state index in [0.29, 0.717) is 0 Å². The molecule has 8 heteroatoms. The van der Waals surface area contributed by atoms with Crippen molar-refractivity contribution in [2.75, 3.05) is 13.2 Å². The maximum Gasteiger partial charge on any atom is 0.413 e. The highest BCUT2D eigenvalue weighted by molar-refractivity contribution is 6.43. The predicted molar refractivity (Wildman–Crippen MR) is 72.1 cm³/mol. The van der Waals surface area contributed by atoms with Crippen molar-refractivity contribution in [1.29, 1.82) is 0 Å². The maximum atomic E-state index is 11.3. The molecule has 0 bridgehead atoms. The third-order valence-corrected chi connectivity index (χ3v) is 2.87. The normalized spacial score (nSPS) is 9.89. The molecule has 1 aromatic rings. The van der Waals surface area contributed by atoms with Gasteiger partial charge in [0.2, 0.25) is 0 Å². The van der Waals surface area contributed by atoms with Crippen molar-refractivity contribution < 1.29 is 19.1 Å². The number of hydrogen-bond acceptors (Lipinski definition) is 4. The van der Waals surface area contributed by atoms with E-state index in [1.165, 1.54) is 12.1 Å². The van der Waals surface area contributed by atoms with E-state index in [4.69, 9.17) is 39.5 Å². The summed E-state index contributed by atoms with van der Waals surface area (Å²) in [6, 6.07) is 2.77. The van der Waals surface area contributed by atoms with E-state index in [0.717, 1.165) is 0 Å². The number of amides is 2. The molecule has 1 rings (SSSR count). The molecule has 0 unspecified atom stereocenters. The van der Waals surface area contributed by atoms with Gasteiger partial charge in [-0.05, 0) is 13.0 Å². The Hall–Kier alpha value is -1.17. The van der Waals surface area contributed by atoms with E-state index >= 15 is 0 Å². The Morgan fingerprint density at radius 2 is 1.79 bits per heavy atom. The van der Waals surface area contributed by atoms with Crippen molar-refractivity contribution >= 4 is 46.8 Å². The van der Waals surface area contributed by atoms with Crippen molar-refractivity contribution in [3.05, 3.63) is 27.2 Å². The molecule has 104 valence electrons. The molecular weight excluding hydrogens is 316 g/mol. The molecule has 2 amide bonds. The molecule has 0 radical (unpaired) electrons. The first kappa shape index (κ1) is 15.9. The van der Waals surface area contributed by atoms with E-state index < -0.39 is 18.6 Å². The van der Waals surface area contributed by atoms with Gasteiger partial charge in [0, 0.05) is 6.07 Å². The van der Waals surface area contributed by atoms with E-state index in [1.54, 1.807) is 6.92 Å². The number of carbonyl (C=O) groups excluding carboxylic acids is 2. The van der Waals surface area contributed by atoms with Crippen LogP contribution >= 0.6 is 34.8 Å². The number of nitrogens with one attached hydrogen (secondary N) is 1. The third-order valence-electron chi connectivity index (χ3n) is 1.85. The molecule has 19 heavy (non-hydrogen) atoms. The zero-order chi connectivity index (χ0) is 14.4. The van der Waals surface area contributed by atoms with Gasteiger partial charge in [0.25, 0.3) is 5.91 Å². The van der Waals surface area contributed by atoms with Crippen molar-refractivity contribution in [3.8, 4) is 5.75 Å². The summed E-state index contributed by atoms with van der Waals surface area (Å²) < 4.78 is 9.65. The fraction of sp³-hybridized carbons (Fsp3) is 0.273. The van der Waals surface area contributed by atoms with Crippen LogP contribution in [0.2, 0.25) is 15.1 Å². The zero-order valence-electron chi connectivity index (χ0n) is 9.84. The molecule has 0 fully saturated rings. The molecule has 0 aliphatic rings. The summed E-state index contributed by atoms with van der Waals surface area (Å²) in [4.78, 5) is 22.3. The zero-order valence-corrected chi connectivity index (χ0v) is 12.1. The van der Waals surface area contributed by atoms with Gasteiger partial charge in [-0.2, -0.15) is 0 Å². The number of benzene rings is 1. The summed E-state index contributed by atoms with van der Waals surface area (Å²) >= 11 is 17.4. The molecular formula is C11H10Cl3NO4. The lowest BCUT2D eigenvalue weighted by atomic mass is 10.3. The molecule has 0 aliphatic heterocycles. The van der Waals surface area contributed by atoms with Crippen LogP contribution in [0.3, 0.4) is 0 Å². The first-order valence-corrected chi connectivity index (χ1v) is 6.31. The number of carbonyl (C=O) groups is 2. The van der Waals surface area contributed by atoms with E-state index in [2.05, 4.69) is 4.74 Å². The van der Waals surface area contributed by atoms with Gasteiger partial charge in [-0.15, -0.1) is 0 Å². The number of rotatable bonds is 4. The number of hydrogen-bond donors (Lipinski definition) is 1. The van der Waals surface area contributed by atoms with Crippen molar-refractivity contribution in [1.82, 2.24) is 5.32 Å². The Bertz CT molecular complexity index is 493. The molecule has 0 saturated carbocycles. The average molecular weight is 327 g/mol. The topological polar surface area (TPSA) is 64.6 Å². The highest BCUT2D eigenvalue weighted by Gasteiger charge is 2.11. The molecule has 0 atom stereocenters. The second-order valence-electron chi connectivity index (χ2n) is 3.25. The van der Waals surface area contributed by atoms with Crippen LogP contribution in [0, 0.1) is 0 Å². The minimum absolute atomic E-state index is 0.165. The monoisotopic (exact) mass is 325 g/mol. The molecule has 5 nitrogen and oxygen atoms in total. The highest BCUT2D eigenvalue weighted by atomic mass is 35.5. The molecule has 0 spiro atoms. The summed E-state index contributed by atoms with van der Waals surface area (Å²) in [6.07, 6.45) is -0.837. The van der Waals surface area contributed by atoms with Crippen LogP contribution in [0.4, 0.5) is 4.79 Å². The van der Waals surface area contributed by atoms with Gasteiger partial charge in [0.05, 0.1) is 21.7 Å². The van der Waals surface area contributed by atoms with E-state index in [1.807, 2.05) is 5.32 Å². The molecule has 0 saturated heterocycles. The van der Waals surface area contributed by atoms with Gasteiger partial charge in [-0.25, -0.2) is 4.79 Å². The lowest BCUT2D eigenvalue weighted by Gasteiger charge is -2.09. The molecule has 0 aliphatic carbocycles. The average Bonchev–Trinajstić information content (AvgIpc) is 2.32. The SMILES string of the molecule is CCOC(=O)NC(=O)COc1cc(Cl)c(Cl)cc1Cl. The minimum atomic E-state index is -0.837. The molecule has 0 aromatic heterocycles. The van der Waals surface area contributed by atoms with E-state index in [-0.39, 0.29) is 27.4 Å². The fourth-order valence-electron chi connectivity index (χ4n) is 1.08. The Kier molecular flexibility index (Phi) is 6.21. The van der Waals surface area contributed by atoms with Crippen LogP contribution in [0.5, 0.6) is 5.75 Å². The van der Waals surface area contributed by atoms with Gasteiger partial charge in [0.1, 0.15) is 5.75 Å². The van der Waals surface area contributed by atoms with Crippen LogP contribution in [0.15, 0.2) is 12.1 Å². The second-order valence-corrected chi connectivity index (χ2v) is 4.48. The summed E-state index contributed by atoms with van der Waals surface area (Å²) in [5, 5.41) is 2.69. The van der Waals surface area contributed by atoms with Crippen molar-refractivity contribution in [2.45, 2.75) is 6.92 Å². The molecule has 1 aromatic carbocycles. The van der Waals surface area contributed by atoms with Gasteiger partial charge < -0.3 is 9.47 Å². The summed E-state index contributed by atoms with van der Waals surface area (Å²) in [6.45, 7) is 1.38. The quantitative estimate of drug-likeness (QED) is 0.862. The number of ether oxygens (including phenoxy) is 2. The summed E-state index contributed by atoms with van der Waals surface area (Å²) in [7, 11) is 0. The van der Waals surface area contributed by atoms with Crippen LogP contribution in [-0.2, 0) is 9.53 Å². The number of halogens is 3. The van der Waals surface area contributed by atoms with Gasteiger partial charge in [-0.3, -0.25) is 10.1 Å². The minimum Gasteiger partial charge on any atom is -0.482 e. The Morgan fingerprint density at radius 3 is 2.42 bits per heavy atom. The van der Waals surface area contributed by atoms with Crippen LogP contribution < -0.4 is 10.1 Å². The van der Waals surface area contributed by atoms with Crippen LogP contribution in [-0.4, -0.2) is 25.2 Å². The third kappa shape index (κ3) is 5.14. The highest BCUT2D eigenvalue weighted by Crippen LogP contribution is 2.33. The first-order chi connectivity index (χ1) is 8.93. The Labute approximate surface area is 124 Å². The molecule has 1 N–H and O–H groups in total. The largest absolute Gasteiger partial charge is 0.482 e. The van der Waals surface area contributed by atoms with Gasteiger partial charge >= 0.3 is 6.09 Å². The Balaban J connectivity index is 2.55. The Morgan fingerprint density at radius 1 is 1.16 bits per heavy atom. The summed E-state index contributed by atoms with van der Waals surface area (Å²) in [5.41, 5.74) is 0.